The Bertz CT molecular complexity index is 343. The van der Waals surface area contributed by atoms with Crippen LogP contribution < -0.4 is 17.0 Å². The molecule has 0 saturated carbocycles. The number of hydrogen-bond acceptors (Lipinski definition) is 3. The molecule has 13 heavy (non-hydrogen) atoms. The van der Waals surface area contributed by atoms with Crippen molar-refractivity contribution in [3.05, 3.63) is 28.8 Å². The quantitative estimate of drug-likeness (QED) is 0.286. The molecule has 0 spiro atoms. The van der Waals surface area contributed by atoms with Crippen LogP contribution in [-0.2, 0) is 0 Å². The van der Waals surface area contributed by atoms with Gasteiger partial charge < -0.3 is 5.73 Å². The SMILES string of the molecule is C#CC(NN)c1ccc(Cl)cc1N. The molecule has 0 amide bonds. The number of hydrazine groups is 1. The van der Waals surface area contributed by atoms with Crippen LogP contribution in [0.25, 0.3) is 0 Å². The van der Waals surface area contributed by atoms with Crippen molar-refractivity contribution in [1.82, 2.24) is 5.43 Å². The van der Waals surface area contributed by atoms with Gasteiger partial charge in [-0.1, -0.05) is 23.6 Å². The Morgan fingerprint density at radius 1 is 1.54 bits per heavy atom. The topological polar surface area (TPSA) is 64.1 Å². The molecule has 0 heterocycles. The minimum Gasteiger partial charge on any atom is -0.398 e. The fourth-order valence-corrected chi connectivity index (χ4v) is 1.22. The highest BCUT2D eigenvalue weighted by atomic mass is 35.5. The summed E-state index contributed by atoms with van der Waals surface area (Å²) in [5.41, 5.74) is 9.46. The van der Waals surface area contributed by atoms with E-state index in [1.54, 1.807) is 18.2 Å². The third-order valence-corrected chi connectivity index (χ3v) is 1.93. The summed E-state index contributed by atoms with van der Waals surface area (Å²) in [6.07, 6.45) is 5.24. The first-order valence-electron chi connectivity index (χ1n) is 3.66. The molecule has 0 aromatic heterocycles. The Labute approximate surface area is 82.0 Å². The third kappa shape index (κ3) is 2.13. The molecule has 0 saturated heterocycles. The molecule has 68 valence electrons. The van der Waals surface area contributed by atoms with Crippen LogP contribution >= 0.6 is 11.6 Å². The van der Waals surface area contributed by atoms with Crippen molar-refractivity contribution in [1.29, 1.82) is 0 Å². The molecule has 1 atom stereocenters. The van der Waals surface area contributed by atoms with E-state index >= 15 is 0 Å². The van der Waals surface area contributed by atoms with Gasteiger partial charge in [0.2, 0.25) is 0 Å². The van der Waals surface area contributed by atoms with E-state index in [1.165, 1.54) is 0 Å². The molecule has 1 unspecified atom stereocenters. The first-order chi connectivity index (χ1) is 6.19. The van der Waals surface area contributed by atoms with Gasteiger partial charge in [0.05, 0.1) is 0 Å². The average Bonchev–Trinajstić information content (AvgIpc) is 2.10. The number of rotatable bonds is 2. The van der Waals surface area contributed by atoms with E-state index in [4.69, 9.17) is 29.6 Å². The number of nitrogens with two attached hydrogens (primary N) is 2. The van der Waals surface area contributed by atoms with Gasteiger partial charge in [-0.15, -0.1) is 6.42 Å². The molecule has 0 radical (unpaired) electrons. The average molecular weight is 196 g/mol. The van der Waals surface area contributed by atoms with Crippen LogP contribution in [-0.4, -0.2) is 0 Å². The van der Waals surface area contributed by atoms with Crippen LogP contribution in [0.1, 0.15) is 11.6 Å². The van der Waals surface area contributed by atoms with E-state index in [2.05, 4.69) is 11.3 Å². The Balaban J connectivity index is 3.09. The predicted molar refractivity (Wildman–Crippen MR) is 54.8 cm³/mol. The molecule has 3 nitrogen and oxygen atoms in total. The number of hydrogen-bond donors (Lipinski definition) is 3. The van der Waals surface area contributed by atoms with Gasteiger partial charge in [-0.3, -0.25) is 5.84 Å². The van der Waals surface area contributed by atoms with Crippen molar-refractivity contribution in [2.45, 2.75) is 6.04 Å². The van der Waals surface area contributed by atoms with E-state index in [0.29, 0.717) is 10.7 Å². The molecule has 0 aliphatic heterocycles. The predicted octanol–water partition coefficient (Wildman–Crippen LogP) is 1.06. The van der Waals surface area contributed by atoms with Gasteiger partial charge in [0.1, 0.15) is 6.04 Å². The largest absolute Gasteiger partial charge is 0.398 e. The molecule has 0 aliphatic rings. The zero-order valence-corrected chi connectivity index (χ0v) is 7.68. The number of nitrogen functional groups attached to an aromatic ring is 1. The minimum absolute atomic E-state index is 0.378. The van der Waals surface area contributed by atoms with E-state index < -0.39 is 0 Å². The Hall–Kier alpha value is -1.21. The van der Waals surface area contributed by atoms with Gasteiger partial charge in [-0.25, -0.2) is 5.43 Å². The van der Waals surface area contributed by atoms with Gasteiger partial charge in [0.25, 0.3) is 0 Å². The molecule has 0 aliphatic carbocycles. The number of terminal acetylenes is 1. The van der Waals surface area contributed by atoms with Crippen LogP contribution in [0, 0.1) is 12.3 Å². The lowest BCUT2D eigenvalue weighted by molar-refractivity contribution is 0.675. The summed E-state index contributed by atoms with van der Waals surface area (Å²) in [7, 11) is 0. The van der Waals surface area contributed by atoms with Crippen LogP contribution in [0.2, 0.25) is 5.02 Å². The van der Waals surface area contributed by atoms with Crippen molar-refractivity contribution in [3.8, 4) is 12.3 Å². The standard InChI is InChI=1S/C9H10ClN3/c1-2-9(13-12)7-4-3-6(10)5-8(7)11/h1,3-5,9,13H,11-12H2. The monoisotopic (exact) mass is 195 g/mol. The highest BCUT2D eigenvalue weighted by Gasteiger charge is 2.09. The van der Waals surface area contributed by atoms with Crippen molar-refractivity contribution in [2.75, 3.05) is 5.73 Å². The van der Waals surface area contributed by atoms with Gasteiger partial charge in [-0.05, 0) is 12.1 Å². The maximum absolute atomic E-state index is 5.72. The van der Waals surface area contributed by atoms with Gasteiger partial charge in [0.15, 0.2) is 0 Å². The first kappa shape index (κ1) is 9.87. The molecular weight excluding hydrogens is 186 g/mol. The maximum Gasteiger partial charge on any atom is 0.108 e. The third-order valence-electron chi connectivity index (χ3n) is 1.69. The Morgan fingerprint density at radius 3 is 2.69 bits per heavy atom. The fourth-order valence-electron chi connectivity index (χ4n) is 1.04. The molecule has 0 fully saturated rings. The van der Waals surface area contributed by atoms with E-state index in [0.717, 1.165) is 5.56 Å². The van der Waals surface area contributed by atoms with Crippen molar-refractivity contribution in [2.24, 2.45) is 5.84 Å². The van der Waals surface area contributed by atoms with Crippen molar-refractivity contribution < 1.29 is 0 Å². The fraction of sp³-hybridized carbons (Fsp3) is 0.111. The van der Waals surface area contributed by atoms with E-state index in [-0.39, 0.29) is 6.04 Å². The van der Waals surface area contributed by atoms with Crippen LogP contribution in [0.15, 0.2) is 18.2 Å². The zero-order valence-electron chi connectivity index (χ0n) is 6.92. The number of halogens is 1. The molecule has 4 heteroatoms. The van der Waals surface area contributed by atoms with Gasteiger partial charge >= 0.3 is 0 Å². The number of anilines is 1. The van der Waals surface area contributed by atoms with Gasteiger partial charge in [0, 0.05) is 16.3 Å². The number of benzene rings is 1. The molecule has 1 aromatic carbocycles. The summed E-state index contributed by atoms with van der Waals surface area (Å²) in [6.45, 7) is 0. The summed E-state index contributed by atoms with van der Waals surface area (Å²) in [4.78, 5) is 0. The second-order valence-corrected chi connectivity index (χ2v) is 2.98. The summed E-state index contributed by atoms with van der Waals surface area (Å²) in [5.74, 6) is 7.71. The first-order valence-corrected chi connectivity index (χ1v) is 4.04. The molecular formula is C9H10ClN3. The molecule has 5 N–H and O–H groups in total. The lowest BCUT2D eigenvalue weighted by Crippen LogP contribution is -2.27. The van der Waals surface area contributed by atoms with Crippen molar-refractivity contribution in [3.63, 3.8) is 0 Å². The second kappa shape index (κ2) is 4.15. The Kier molecular flexibility index (Phi) is 3.15. The molecule has 1 rings (SSSR count). The maximum atomic E-state index is 5.72. The minimum atomic E-state index is -0.378. The van der Waals surface area contributed by atoms with Crippen molar-refractivity contribution >= 4 is 17.3 Å². The van der Waals surface area contributed by atoms with Crippen LogP contribution in [0.5, 0.6) is 0 Å². The van der Waals surface area contributed by atoms with Gasteiger partial charge in [-0.2, -0.15) is 0 Å². The molecule has 0 bridgehead atoms. The van der Waals surface area contributed by atoms with E-state index in [1.807, 2.05) is 0 Å². The lowest BCUT2D eigenvalue weighted by Gasteiger charge is -2.12. The highest BCUT2D eigenvalue weighted by molar-refractivity contribution is 6.30. The lowest BCUT2D eigenvalue weighted by atomic mass is 10.1. The van der Waals surface area contributed by atoms with Crippen LogP contribution in [0.3, 0.4) is 0 Å². The number of nitrogens with one attached hydrogen (secondary N) is 1. The van der Waals surface area contributed by atoms with E-state index in [9.17, 15) is 0 Å². The smallest absolute Gasteiger partial charge is 0.108 e. The normalized spacial score (nSPS) is 12.1. The summed E-state index contributed by atoms with van der Waals surface area (Å²) < 4.78 is 0. The second-order valence-electron chi connectivity index (χ2n) is 2.54. The summed E-state index contributed by atoms with van der Waals surface area (Å²) >= 11 is 5.72. The molecule has 1 aromatic rings. The summed E-state index contributed by atoms with van der Waals surface area (Å²) in [6, 6.07) is 4.73. The highest BCUT2D eigenvalue weighted by Crippen LogP contribution is 2.22. The summed E-state index contributed by atoms with van der Waals surface area (Å²) in [5, 5.41) is 0.578. The van der Waals surface area contributed by atoms with Crippen LogP contribution in [0.4, 0.5) is 5.69 Å². The zero-order chi connectivity index (χ0) is 9.84. The Morgan fingerprint density at radius 2 is 2.23 bits per heavy atom.